The molecule has 1 saturated heterocycles. The highest BCUT2D eigenvalue weighted by Gasteiger charge is 2.39. The molecule has 1 aliphatic heterocycles. The fourth-order valence-electron chi connectivity index (χ4n) is 4.80. The van der Waals surface area contributed by atoms with Gasteiger partial charge in [-0.25, -0.2) is 18.1 Å². The average Bonchev–Trinajstić information content (AvgIpc) is 3.14. The van der Waals surface area contributed by atoms with Gasteiger partial charge < -0.3 is 19.4 Å². The second-order valence-electron chi connectivity index (χ2n) is 9.66. The van der Waals surface area contributed by atoms with E-state index in [4.69, 9.17) is 14.5 Å². The first-order valence-electron chi connectivity index (χ1n) is 11.7. The molecule has 196 valence electrons. The topological polar surface area (TPSA) is 131 Å². The van der Waals surface area contributed by atoms with Crippen LogP contribution >= 0.6 is 0 Å². The van der Waals surface area contributed by atoms with E-state index in [0.29, 0.717) is 41.0 Å². The number of carbonyl (C=O) groups excluding carboxylic acids is 1. The number of anilines is 1. The molecule has 37 heavy (non-hydrogen) atoms. The third kappa shape index (κ3) is 5.17. The molecule has 3 aromatic rings. The summed E-state index contributed by atoms with van der Waals surface area (Å²) < 4.78 is 38.7. The molecule has 2 aromatic heterocycles. The van der Waals surface area contributed by atoms with Crippen molar-refractivity contribution in [2.45, 2.75) is 37.6 Å². The largest absolute Gasteiger partial charge is 0.497 e. The highest BCUT2D eigenvalue weighted by molar-refractivity contribution is 7.90. The summed E-state index contributed by atoms with van der Waals surface area (Å²) in [7, 11) is -1.32. The molecule has 0 radical (unpaired) electrons. The molecular formula is C26H30N4O6S. The molecule has 1 aromatic carbocycles. The Morgan fingerprint density at radius 2 is 1.92 bits per heavy atom. The molecule has 1 atom stereocenters. The van der Waals surface area contributed by atoms with Crippen molar-refractivity contribution in [1.29, 1.82) is 0 Å². The number of aromatic amines is 1. The number of aromatic nitrogens is 2. The predicted molar refractivity (Wildman–Crippen MR) is 140 cm³/mol. The average molecular weight is 527 g/mol. The maximum absolute atomic E-state index is 13.4. The van der Waals surface area contributed by atoms with E-state index in [-0.39, 0.29) is 11.1 Å². The number of nitrogens with one attached hydrogen (secondary N) is 2. The van der Waals surface area contributed by atoms with Gasteiger partial charge in [0.15, 0.2) is 4.90 Å². The van der Waals surface area contributed by atoms with E-state index >= 15 is 0 Å². The Morgan fingerprint density at radius 3 is 2.54 bits per heavy atom. The Morgan fingerprint density at radius 1 is 1.16 bits per heavy atom. The summed E-state index contributed by atoms with van der Waals surface area (Å²) in [5.41, 5.74) is 0.0944. The Kier molecular flexibility index (Phi) is 7.00. The number of H-pyrrole nitrogens is 1. The van der Waals surface area contributed by atoms with Crippen LogP contribution in [0.15, 0.2) is 58.4 Å². The van der Waals surface area contributed by atoms with Gasteiger partial charge in [0.25, 0.3) is 21.5 Å². The van der Waals surface area contributed by atoms with E-state index in [1.807, 2.05) is 9.62 Å². The maximum atomic E-state index is 13.4. The lowest BCUT2D eigenvalue weighted by atomic mass is 9.97. The standard InChI is InChI=1S/C26H30N4O6S/c1-16-14-26(2,3)30(15-16)23-18(24(31)29-37(33,34)22-7-6-12-27-25(22)32)9-10-20(28-23)19-13-17(35-4)8-11-21(19)36-5/h6-13,16H,14-15H2,1-5H3,(H,27,32)(H,29,31)/t16-/m0/s1. The number of sulfonamides is 1. The molecule has 4 rings (SSSR count). The number of nitrogens with zero attached hydrogens (tertiary/aromatic N) is 2. The monoisotopic (exact) mass is 526 g/mol. The van der Waals surface area contributed by atoms with E-state index < -0.39 is 26.4 Å². The fraction of sp³-hybridized carbons (Fsp3) is 0.346. The number of benzene rings is 1. The minimum absolute atomic E-state index is 0.0729. The smallest absolute Gasteiger partial charge is 0.269 e. The SMILES string of the molecule is COc1ccc(OC)c(-c2ccc(C(=O)NS(=O)(=O)c3ccc[nH]c3=O)c(N3C[C@@H](C)CC3(C)C)n2)c1. The molecule has 11 heteroatoms. The second-order valence-corrected chi connectivity index (χ2v) is 11.3. The van der Waals surface area contributed by atoms with Crippen LogP contribution in [0.5, 0.6) is 11.5 Å². The normalized spacial score (nSPS) is 16.9. The number of ether oxygens (including phenoxy) is 2. The Balaban J connectivity index is 1.83. The lowest BCUT2D eigenvalue weighted by Gasteiger charge is -2.34. The predicted octanol–water partition coefficient (Wildman–Crippen LogP) is 3.20. The van der Waals surface area contributed by atoms with Crippen LogP contribution < -0.4 is 24.7 Å². The van der Waals surface area contributed by atoms with E-state index in [1.165, 1.54) is 18.3 Å². The lowest BCUT2D eigenvalue weighted by Crippen LogP contribution is -2.41. The highest BCUT2D eigenvalue weighted by Crippen LogP contribution is 2.40. The van der Waals surface area contributed by atoms with Crippen LogP contribution in [0.3, 0.4) is 0 Å². The van der Waals surface area contributed by atoms with Crippen LogP contribution in [-0.2, 0) is 10.0 Å². The maximum Gasteiger partial charge on any atom is 0.269 e. The van der Waals surface area contributed by atoms with Gasteiger partial charge in [0.05, 0.1) is 25.5 Å². The minimum atomic E-state index is -4.43. The fourth-order valence-corrected chi connectivity index (χ4v) is 5.83. The van der Waals surface area contributed by atoms with Gasteiger partial charge in [-0.05, 0) is 68.7 Å². The summed E-state index contributed by atoms with van der Waals surface area (Å²) in [6.45, 7) is 6.85. The van der Waals surface area contributed by atoms with Crippen LogP contribution in [0.2, 0.25) is 0 Å². The zero-order valence-corrected chi connectivity index (χ0v) is 22.2. The molecule has 1 fully saturated rings. The number of carbonyl (C=O) groups is 1. The van der Waals surface area contributed by atoms with Crippen LogP contribution in [0, 0.1) is 5.92 Å². The molecule has 0 spiro atoms. The van der Waals surface area contributed by atoms with Crippen molar-refractivity contribution in [2.24, 2.45) is 5.92 Å². The molecule has 0 saturated carbocycles. The van der Waals surface area contributed by atoms with Crippen molar-refractivity contribution in [3.05, 3.63) is 64.6 Å². The first-order valence-corrected chi connectivity index (χ1v) is 13.2. The molecule has 0 unspecified atom stereocenters. The molecule has 1 amide bonds. The lowest BCUT2D eigenvalue weighted by molar-refractivity contribution is 0.0981. The summed E-state index contributed by atoms with van der Waals surface area (Å²) in [5.74, 6) is 0.956. The zero-order valence-electron chi connectivity index (χ0n) is 21.4. The zero-order chi connectivity index (χ0) is 27.0. The summed E-state index contributed by atoms with van der Waals surface area (Å²) in [5, 5.41) is 0. The van der Waals surface area contributed by atoms with E-state index in [0.717, 1.165) is 12.5 Å². The van der Waals surface area contributed by atoms with Gasteiger partial charge >= 0.3 is 0 Å². The van der Waals surface area contributed by atoms with Gasteiger partial charge in [-0.3, -0.25) is 9.59 Å². The first-order chi connectivity index (χ1) is 17.5. The quantitative estimate of drug-likeness (QED) is 0.480. The van der Waals surface area contributed by atoms with Crippen molar-refractivity contribution in [3.63, 3.8) is 0 Å². The second kappa shape index (κ2) is 9.89. The van der Waals surface area contributed by atoms with Gasteiger partial charge in [0.2, 0.25) is 0 Å². The van der Waals surface area contributed by atoms with E-state index in [2.05, 4.69) is 25.8 Å². The van der Waals surface area contributed by atoms with Crippen molar-refractivity contribution in [2.75, 3.05) is 25.7 Å². The van der Waals surface area contributed by atoms with Crippen LogP contribution in [-0.4, -0.2) is 50.6 Å². The number of pyridine rings is 2. The van der Waals surface area contributed by atoms with Crippen LogP contribution in [0.4, 0.5) is 5.82 Å². The van der Waals surface area contributed by atoms with Crippen molar-refractivity contribution in [3.8, 4) is 22.8 Å². The number of rotatable bonds is 7. The summed E-state index contributed by atoms with van der Waals surface area (Å²) in [4.78, 5) is 34.1. The molecule has 10 nitrogen and oxygen atoms in total. The molecule has 0 aliphatic carbocycles. The van der Waals surface area contributed by atoms with Crippen LogP contribution in [0.1, 0.15) is 37.6 Å². The Hall–Kier alpha value is -3.86. The summed E-state index contributed by atoms with van der Waals surface area (Å²) >= 11 is 0. The molecule has 2 N–H and O–H groups in total. The Labute approximate surface area is 215 Å². The van der Waals surface area contributed by atoms with Gasteiger partial charge in [0.1, 0.15) is 17.3 Å². The van der Waals surface area contributed by atoms with Crippen LogP contribution in [0.25, 0.3) is 11.3 Å². The van der Waals surface area contributed by atoms with Gasteiger partial charge in [0, 0.05) is 23.8 Å². The van der Waals surface area contributed by atoms with E-state index in [9.17, 15) is 18.0 Å². The number of amides is 1. The van der Waals surface area contributed by atoms with E-state index in [1.54, 1.807) is 38.5 Å². The van der Waals surface area contributed by atoms with Crippen molar-refractivity contribution < 1.29 is 22.7 Å². The van der Waals surface area contributed by atoms with Crippen molar-refractivity contribution >= 4 is 21.7 Å². The summed E-state index contributed by atoms with van der Waals surface area (Å²) in [6.07, 6.45) is 2.17. The minimum Gasteiger partial charge on any atom is -0.497 e. The Bertz CT molecular complexity index is 1500. The summed E-state index contributed by atoms with van der Waals surface area (Å²) in [6, 6.07) is 11.0. The first kappa shape index (κ1) is 26.2. The van der Waals surface area contributed by atoms with Gasteiger partial charge in [-0.2, -0.15) is 0 Å². The number of hydrogen-bond acceptors (Lipinski definition) is 8. The molecular weight excluding hydrogens is 496 g/mol. The molecule has 3 heterocycles. The number of hydrogen-bond donors (Lipinski definition) is 2. The molecule has 1 aliphatic rings. The molecule has 0 bridgehead atoms. The number of methoxy groups -OCH3 is 2. The van der Waals surface area contributed by atoms with Crippen molar-refractivity contribution in [1.82, 2.24) is 14.7 Å². The third-order valence-electron chi connectivity index (χ3n) is 6.43. The highest BCUT2D eigenvalue weighted by atomic mass is 32.2. The van der Waals surface area contributed by atoms with Gasteiger partial charge in [-0.15, -0.1) is 0 Å². The third-order valence-corrected chi connectivity index (χ3v) is 7.78. The van der Waals surface area contributed by atoms with Gasteiger partial charge in [-0.1, -0.05) is 6.92 Å².